The van der Waals surface area contributed by atoms with E-state index in [0.717, 1.165) is 5.56 Å². The second-order valence-corrected chi connectivity index (χ2v) is 9.96. The van der Waals surface area contributed by atoms with Crippen molar-refractivity contribution in [2.45, 2.75) is 37.8 Å². The summed E-state index contributed by atoms with van der Waals surface area (Å²) in [6.07, 6.45) is 3.36. The normalized spacial score (nSPS) is 11.8. The zero-order valence-electron chi connectivity index (χ0n) is 15.6. The number of carbonyl (C=O) groups is 1. The molecule has 1 N–H and O–H groups in total. The molecule has 2 amide bonds. The first-order chi connectivity index (χ1) is 12.1. The van der Waals surface area contributed by atoms with Crippen molar-refractivity contribution in [2.75, 3.05) is 12.4 Å². The van der Waals surface area contributed by atoms with Gasteiger partial charge in [0.15, 0.2) is 9.84 Å². The Morgan fingerprint density at radius 1 is 1.12 bits per heavy atom. The molecule has 0 unspecified atom stereocenters. The molecule has 2 aromatic rings. The van der Waals surface area contributed by atoms with E-state index in [9.17, 15) is 13.2 Å². The van der Waals surface area contributed by atoms with Crippen LogP contribution < -0.4 is 5.32 Å². The fourth-order valence-corrected chi connectivity index (χ4v) is 3.28. The van der Waals surface area contributed by atoms with Crippen LogP contribution in [0.25, 0.3) is 0 Å². The Morgan fingerprint density at radius 2 is 1.77 bits per heavy atom. The van der Waals surface area contributed by atoms with E-state index in [0.29, 0.717) is 17.8 Å². The predicted molar refractivity (Wildman–Crippen MR) is 104 cm³/mol. The number of nitrogens with zero attached hydrogens (tertiary/aromatic N) is 2. The lowest BCUT2D eigenvalue weighted by molar-refractivity contribution is 0.220. The van der Waals surface area contributed by atoms with Gasteiger partial charge in [0.2, 0.25) is 0 Å². The molecule has 0 aliphatic carbocycles. The number of aromatic nitrogens is 1. The molecule has 0 aliphatic rings. The van der Waals surface area contributed by atoms with Crippen LogP contribution in [0.5, 0.6) is 0 Å². The maximum absolute atomic E-state index is 12.4. The number of carbonyl (C=O) groups excluding carboxylic acids is 1. The second-order valence-electron chi connectivity index (χ2n) is 7.21. The summed E-state index contributed by atoms with van der Waals surface area (Å²) < 4.78 is 23.9. The smallest absolute Gasteiger partial charge is 0.321 e. The maximum Gasteiger partial charge on any atom is 0.321 e. The number of anilines is 1. The monoisotopic (exact) mass is 375 g/mol. The summed E-state index contributed by atoms with van der Waals surface area (Å²) in [6.45, 7) is 5.50. The third-order valence-electron chi connectivity index (χ3n) is 3.98. The van der Waals surface area contributed by atoms with Gasteiger partial charge in [0.25, 0.3) is 0 Å². The molecular formula is C19H25N3O3S. The van der Waals surface area contributed by atoms with Crippen LogP contribution >= 0.6 is 0 Å². The van der Waals surface area contributed by atoms with Crippen LogP contribution in [-0.4, -0.2) is 36.1 Å². The number of sulfone groups is 1. The highest BCUT2D eigenvalue weighted by atomic mass is 32.2. The average molecular weight is 375 g/mol. The van der Waals surface area contributed by atoms with E-state index in [1.807, 2.05) is 12.1 Å². The van der Waals surface area contributed by atoms with Crippen LogP contribution in [-0.2, 0) is 22.1 Å². The molecule has 0 atom stereocenters. The number of benzene rings is 1. The zero-order chi connectivity index (χ0) is 19.4. The fourth-order valence-electron chi connectivity index (χ4n) is 2.23. The molecule has 0 saturated heterocycles. The van der Waals surface area contributed by atoms with Gasteiger partial charge in [-0.2, -0.15) is 0 Å². The highest BCUT2D eigenvalue weighted by molar-refractivity contribution is 7.91. The van der Waals surface area contributed by atoms with E-state index < -0.39 is 14.6 Å². The molecule has 0 spiro atoms. The molecule has 1 heterocycles. The van der Waals surface area contributed by atoms with Crippen LogP contribution in [0.1, 0.15) is 31.9 Å². The summed E-state index contributed by atoms with van der Waals surface area (Å²) >= 11 is 0. The Morgan fingerprint density at radius 3 is 2.38 bits per heavy atom. The quantitative estimate of drug-likeness (QED) is 0.868. The molecule has 26 heavy (non-hydrogen) atoms. The molecule has 0 aliphatic heterocycles. The Bertz CT molecular complexity index is 859. The van der Waals surface area contributed by atoms with Gasteiger partial charge in [-0.25, -0.2) is 13.2 Å². The first-order valence-corrected chi connectivity index (χ1v) is 9.96. The number of urea groups is 1. The van der Waals surface area contributed by atoms with Gasteiger partial charge in [-0.3, -0.25) is 4.98 Å². The molecule has 140 valence electrons. The average Bonchev–Trinajstić information content (AvgIpc) is 2.54. The maximum atomic E-state index is 12.4. The van der Waals surface area contributed by atoms with E-state index in [1.165, 1.54) is 0 Å². The van der Waals surface area contributed by atoms with E-state index in [-0.39, 0.29) is 11.8 Å². The van der Waals surface area contributed by atoms with Crippen LogP contribution in [0.15, 0.2) is 48.8 Å². The molecule has 0 bridgehead atoms. The fraction of sp³-hybridized carbons (Fsp3) is 0.368. The molecular weight excluding hydrogens is 350 g/mol. The second kappa shape index (κ2) is 7.86. The minimum Gasteiger partial charge on any atom is -0.323 e. The van der Waals surface area contributed by atoms with Crippen molar-refractivity contribution in [3.63, 3.8) is 0 Å². The summed E-state index contributed by atoms with van der Waals surface area (Å²) in [5, 5.41) is 2.80. The van der Waals surface area contributed by atoms with Gasteiger partial charge in [-0.1, -0.05) is 12.1 Å². The number of amides is 2. The number of hydrogen-bond donors (Lipinski definition) is 1. The molecule has 0 fully saturated rings. The number of pyridine rings is 1. The molecule has 1 aromatic carbocycles. The summed E-state index contributed by atoms with van der Waals surface area (Å²) in [7, 11) is -1.58. The van der Waals surface area contributed by atoms with Crippen LogP contribution in [0, 0.1) is 0 Å². The van der Waals surface area contributed by atoms with Gasteiger partial charge < -0.3 is 10.2 Å². The summed E-state index contributed by atoms with van der Waals surface area (Å²) in [5.41, 5.74) is 2.19. The Balaban J connectivity index is 2.05. The van der Waals surface area contributed by atoms with Gasteiger partial charge in [0, 0.05) is 31.7 Å². The van der Waals surface area contributed by atoms with E-state index in [2.05, 4.69) is 10.3 Å². The lowest BCUT2D eigenvalue weighted by Gasteiger charge is -2.20. The highest BCUT2D eigenvalue weighted by Gasteiger charge is 2.29. The van der Waals surface area contributed by atoms with E-state index in [1.54, 1.807) is 69.4 Å². The van der Waals surface area contributed by atoms with E-state index in [4.69, 9.17) is 0 Å². The number of hydrogen-bond acceptors (Lipinski definition) is 4. The predicted octanol–water partition coefficient (Wildman–Crippen LogP) is 3.46. The van der Waals surface area contributed by atoms with E-state index >= 15 is 0 Å². The Kier molecular flexibility index (Phi) is 6.02. The van der Waals surface area contributed by atoms with Crippen molar-refractivity contribution in [2.24, 2.45) is 0 Å². The summed E-state index contributed by atoms with van der Waals surface area (Å²) in [4.78, 5) is 17.9. The standard InChI is InChI=1S/C19H25N3O3S/c1-19(2,3)26(24,25)14-16-6-5-7-17(12-16)21-18(23)22(4)13-15-8-10-20-11-9-15/h5-12H,13-14H2,1-4H3,(H,21,23). The van der Waals surface area contributed by atoms with Gasteiger partial charge >= 0.3 is 6.03 Å². The van der Waals surface area contributed by atoms with Crippen molar-refractivity contribution in [3.05, 3.63) is 59.9 Å². The SMILES string of the molecule is CN(Cc1ccncc1)C(=O)Nc1cccc(CS(=O)(=O)C(C)(C)C)c1. The lowest BCUT2D eigenvalue weighted by atomic mass is 10.2. The largest absolute Gasteiger partial charge is 0.323 e. The van der Waals surface area contributed by atoms with Gasteiger partial charge in [-0.15, -0.1) is 0 Å². The van der Waals surface area contributed by atoms with Crippen molar-refractivity contribution < 1.29 is 13.2 Å². The molecule has 2 rings (SSSR count). The van der Waals surface area contributed by atoms with Crippen molar-refractivity contribution in [3.8, 4) is 0 Å². The summed E-state index contributed by atoms with van der Waals surface area (Å²) in [6, 6.07) is 10.4. The third kappa shape index (κ3) is 5.29. The summed E-state index contributed by atoms with van der Waals surface area (Å²) in [5.74, 6) is -0.0624. The van der Waals surface area contributed by atoms with Crippen LogP contribution in [0.2, 0.25) is 0 Å². The molecule has 7 heteroatoms. The Labute approximate surface area is 155 Å². The van der Waals surface area contributed by atoms with Crippen molar-refractivity contribution >= 4 is 21.6 Å². The minimum absolute atomic E-state index is 0.0624. The third-order valence-corrected chi connectivity index (χ3v) is 6.56. The van der Waals surface area contributed by atoms with Crippen LogP contribution in [0.3, 0.4) is 0 Å². The first-order valence-electron chi connectivity index (χ1n) is 8.31. The minimum atomic E-state index is -3.28. The van der Waals surface area contributed by atoms with Crippen molar-refractivity contribution in [1.29, 1.82) is 0 Å². The Hall–Kier alpha value is -2.41. The molecule has 0 radical (unpaired) electrons. The van der Waals surface area contributed by atoms with Crippen LogP contribution in [0.4, 0.5) is 10.5 Å². The van der Waals surface area contributed by atoms with Crippen molar-refractivity contribution in [1.82, 2.24) is 9.88 Å². The first kappa shape index (κ1) is 19.9. The van der Waals surface area contributed by atoms with Gasteiger partial charge in [0.1, 0.15) is 0 Å². The lowest BCUT2D eigenvalue weighted by Crippen LogP contribution is -2.31. The molecule has 6 nitrogen and oxygen atoms in total. The molecule has 0 saturated carbocycles. The van der Waals surface area contributed by atoms with Gasteiger partial charge in [0.05, 0.1) is 10.5 Å². The number of nitrogens with one attached hydrogen (secondary N) is 1. The highest BCUT2D eigenvalue weighted by Crippen LogP contribution is 2.22. The zero-order valence-corrected chi connectivity index (χ0v) is 16.4. The number of rotatable bonds is 5. The topological polar surface area (TPSA) is 79.4 Å². The van der Waals surface area contributed by atoms with Gasteiger partial charge in [-0.05, 0) is 56.2 Å². The molecule has 1 aromatic heterocycles.